The number of hydrogen-bond acceptors (Lipinski definition) is 4. The zero-order valence-corrected chi connectivity index (χ0v) is 12.7. The minimum absolute atomic E-state index is 0.105. The van der Waals surface area contributed by atoms with Gasteiger partial charge in [0, 0.05) is 22.2 Å². The molecule has 21 heavy (non-hydrogen) atoms. The van der Waals surface area contributed by atoms with E-state index in [1.807, 2.05) is 0 Å². The van der Waals surface area contributed by atoms with Crippen LogP contribution in [0.15, 0.2) is 36.4 Å². The molecule has 0 saturated carbocycles. The Morgan fingerprint density at radius 3 is 2.43 bits per heavy atom. The lowest BCUT2D eigenvalue weighted by molar-refractivity contribution is 0.256. The molecule has 2 aromatic rings. The molecule has 0 aliphatic rings. The summed E-state index contributed by atoms with van der Waals surface area (Å²) < 4.78 is 16.2. The third-order valence-corrected chi connectivity index (χ3v) is 3.31. The molecule has 0 saturated heterocycles. The van der Waals surface area contributed by atoms with Crippen LogP contribution in [0.1, 0.15) is 11.1 Å². The SMILES string of the molecule is COc1ccc(CO)c(OCc2cc(Cl)ccc2OC)c1. The molecule has 112 valence electrons. The van der Waals surface area contributed by atoms with Crippen molar-refractivity contribution in [2.24, 2.45) is 0 Å². The van der Waals surface area contributed by atoms with Gasteiger partial charge in [-0.2, -0.15) is 0 Å². The summed E-state index contributed by atoms with van der Waals surface area (Å²) >= 11 is 5.99. The number of hydrogen-bond donors (Lipinski definition) is 1. The van der Waals surface area contributed by atoms with Crippen LogP contribution in [0, 0.1) is 0 Å². The topological polar surface area (TPSA) is 47.9 Å². The highest BCUT2D eigenvalue weighted by Gasteiger charge is 2.09. The zero-order chi connectivity index (χ0) is 15.2. The third-order valence-electron chi connectivity index (χ3n) is 3.07. The van der Waals surface area contributed by atoms with Crippen molar-refractivity contribution in [2.75, 3.05) is 14.2 Å². The predicted molar refractivity (Wildman–Crippen MR) is 81.3 cm³/mol. The van der Waals surface area contributed by atoms with E-state index < -0.39 is 0 Å². The monoisotopic (exact) mass is 308 g/mol. The fourth-order valence-electron chi connectivity index (χ4n) is 1.94. The molecule has 1 N–H and O–H groups in total. The molecule has 0 atom stereocenters. The molecule has 0 spiro atoms. The van der Waals surface area contributed by atoms with Crippen molar-refractivity contribution in [3.05, 3.63) is 52.5 Å². The lowest BCUT2D eigenvalue weighted by Gasteiger charge is -2.14. The van der Waals surface area contributed by atoms with Crippen LogP contribution in [0.4, 0.5) is 0 Å². The van der Waals surface area contributed by atoms with E-state index in [0.29, 0.717) is 27.8 Å². The first kappa shape index (κ1) is 15.5. The second-order valence-corrected chi connectivity index (χ2v) is 4.81. The fraction of sp³-hybridized carbons (Fsp3) is 0.250. The van der Waals surface area contributed by atoms with Gasteiger partial charge in [-0.15, -0.1) is 0 Å². The Bertz CT molecular complexity index is 613. The lowest BCUT2D eigenvalue weighted by Crippen LogP contribution is -2.01. The maximum absolute atomic E-state index is 9.36. The number of methoxy groups -OCH3 is 2. The van der Waals surface area contributed by atoms with Crippen molar-refractivity contribution in [1.82, 2.24) is 0 Å². The van der Waals surface area contributed by atoms with Crippen LogP contribution < -0.4 is 14.2 Å². The number of aliphatic hydroxyl groups excluding tert-OH is 1. The first-order valence-electron chi connectivity index (χ1n) is 6.41. The van der Waals surface area contributed by atoms with Crippen molar-refractivity contribution < 1.29 is 19.3 Å². The Labute approximate surface area is 128 Å². The van der Waals surface area contributed by atoms with Gasteiger partial charge in [0.05, 0.1) is 20.8 Å². The Kier molecular flexibility index (Phi) is 5.31. The molecule has 2 aromatic carbocycles. The molecule has 0 fully saturated rings. The van der Waals surface area contributed by atoms with E-state index in [1.165, 1.54) is 0 Å². The van der Waals surface area contributed by atoms with Crippen molar-refractivity contribution in [2.45, 2.75) is 13.2 Å². The second-order valence-electron chi connectivity index (χ2n) is 4.38. The predicted octanol–water partition coefficient (Wildman–Crippen LogP) is 3.43. The summed E-state index contributed by atoms with van der Waals surface area (Å²) in [6.07, 6.45) is 0. The molecular formula is C16H17ClO4. The van der Waals surface area contributed by atoms with Gasteiger partial charge >= 0.3 is 0 Å². The summed E-state index contributed by atoms with van der Waals surface area (Å²) in [5.74, 6) is 1.94. The highest BCUT2D eigenvalue weighted by molar-refractivity contribution is 6.30. The minimum atomic E-state index is -0.105. The summed E-state index contributed by atoms with van der Waals surface area (Å²) in [6.45, 7) is 0.176. The Morgan fingerprint density at radius 1 is 0.952 bits per heavy atom. The van der Waals surface area contributed by atoms with Crippen LogP contribution >= 0.6 is 11.6 Å². The highest BCUT2D eigenvalue weighted by atomic mass is 35.5. The van der Waals surface area contributed by atoms with Gasteiger partial charge in [-0.05, 0) is 30.3 Å². The Balaban J connectivity index is 2.21. The van der Waals surface area contributed by atoms with Gasteiger partial charge in [0.1, 0.15) is 23.9 Å². The van der Waals surface area contributed by atoms with Gasteiger partial charge in [0.15, 0.2) is 0 Å². The number of halogens is 1. The fourth-order valence-corrected chi connectivity index (χ4v) is 2.14. The quantitative estimate of drug-likeness (QED) is 0.888. The molecule has 0 heterocycles. The molecule has 0 aromatic heterocycles. The number of benzene rings is 2. The number of ether oxygens (including phenoxy) is 3. The van der Waals surface area contributed by atoms with Crippen LogP contribution in [-0.4, -0.2) is 19.3 Å². The largest absolute Gasteiger partial charge is 0.497 e. The highest BCUT2D eigenvalue weighted by Crippen LogP contribution is 2.28. The molecule has 0 amide bonds. The zero-order valence-electron chi connectivity index (χ0n) is 11.9. The molecule has 4 nitrogen and oxygen atoms in total. The first-order chi connectivity index (χ1) is 10.2. The molecule has 0 aliphatic carbocycles. The van der Waals surface area contributed by atoms with Crippen LogP contribution in [-0.2, 0) is 13.2 Å². The Morgan fingerprint density at radius 2 is 1.76 bits per heavy atom. The van der Waals surface area contributed by atoms with E-state index in [2.05, 4.69) is 0 Å². The summed E-state index contributed by atoms with van der Waals surface area (Å²) in [7, 11) is 3.18. The van der Waals surface area contributed by atoms with Gasteiger partial charge < -0.3 is 19.3 Å². The average Bonchev–Trinajstić information content (AvgIpc) is 2.52. The van der Waals surface area contributed by atoms with Gasteiger partial charge in [-0.1, -0.05) is 11.6 Å². The molecule has 0 aliphatic heterocycles. The summed E-state index contributed by atoms with van der Waals surface area (Å²) in [4.78, 5) is 0. The van der Waals surface area contributed by atoms with Crippen LogP contribution in [0.5, 0.6) is 17.2 Å². The summed E-state index contributed by atoms with van der Waals surface area (Å²) in [5.41, 5.74) is 1.52. The maximum atomic E-state index is 9.36. The summed E-state index contributed by atoms with van der Waals surface area (Å²) in [6, 6.07) is 10.6. The molecule has 0 unspecified atom stereocenters. The van der Waals surface area contributed by atoms with E-state index in [1.54, 1.807) is 50.6 Å². The van der Waals surface area contributed by atoms with E-state index in [9.17, 15) is 5.11 Å². The van der Waals surface area contributed by atoms with Crippen molar-refractivity contribution in [1.29, 1.82) is 0 Å². The van der Waals surface area contributed by atoms with E-state index in [4.69, 9.17) is 25.8 Å². The van der Waals surface area contributed by atoms with E-state index in [0.717, 1.165) is 5.56 Å². The minimum Gasteiger partial charge on any atom is -0.497 e. The van der Waals surface area contributed by atoms with Gasteiger partial charge in [-0.3, -0.25) is 0 Å². The number of rotatable bonds is 6. The molecular weight excluding hydrogens is 292 g/mol. The van der Waals surface area contributed by atoms with Gasteiger partial charge in [0.2, 0.25) is 0 Å². The van der Waals surface area contributed by atoms with Crippen molar-refractivity contribution in [3.63, 3.8) is 0 Å². The Hall–Kier alpha value is -1.91. The van der Waals surface area contributed by atoms with Crippen LogP contribution in [0.25, 0.3) is 0 Å². The van der Waals surface area contributed by atoms with Crippen LogP contribution in [0.3, 0.4) is 0 Å². The molecule has 0 bridgehead atoms. The maximum Gasteiger partial charge on any atom is 0.129 e. The normalized spacial score (nSPS) is 10.3. The molecule has 2 rings (SSSR count). The lowest BCUT2D eigenvalue weighted by atomic mass is 10.2. The second kappa shape index (κ2) is 7.20. The van der Waals surface area contributed by atoms with E-state index in [-0.39, 0.29) is 13.2 Å². The van der Waals surface area contributed by atoms with Crippen molar-refractivity contribution in [3.8, 4) is 17.2 Å². The number of aliphatic hydroxyl groups is 1. The van der Waals surface area contributed by atoms with Crippen LogP contribution in [0.2, 0.25) is 5.02 Å². The average molecular weight is 309 g/mol. The van der Waals surface area contributed by atoms with Crippen molar-refractivity contribution >= 4 is 11.6 Å². The third kappa shape index (κ3) is 3.80. The van der Waals surface area contributed by atoms with Gasteiger partial charge in [0.25, 0.3) is 0 Å². The smallest absolute Gasteiger partial charge is 0.129 e. The van der Waals surface area contributed by atoms with E-state index >= 15 is 0 Å². The molecule has 0 radical (unpaired) electrons. The molecule has 5 heteroatoms. The first-order valence-corrected chi connectivity index (χ1v) is 6.78. The standard InChI is InChI=1S/C16H17ClO4/c1-19-14-5-3-11(9-18)16(8-14)21-10-12-7-13(17)4-6-15(12)20-2/h3-8,18H,9-10H2,1-2H3. The summed E-state index contributed by atoms with van der Waals surface area (Å²) in [5, 5.41) is 9.97. The van der Waals surface area contributed by atoms with Gasteiger partial charge in [-0.25, -0.2) is 0 Å².